The van der Waals surface area contributed by atoms with Gasteiger partial charge in [-0.1, -0.05) is 51.1 Å². The molecule has 0 radical (unpaired) electrons. The Kier molecular flexibility index (Phi) is 16.3. The third kappa shape index (κ3) is 11.1. The molecular weight excluding hydrogens is 174 g/mol. The van der Waals surface area contributed by atoms with Gasteiger partial charge in [-0.05, 0) is 18.5 Å². The molecule has 0 saturated heterocycles. The van der Waals surface area contributed by atoms with Crippen molar-refractivity contribution in [3.05, 3.63) is 35.9 Å². The maximum atomic E-state index is 8.54. The van der Waals surface area contributed by atoms with Gasteiger partial charge in [-0.3, -0.25) is 0 Å². The molecule has 14 heavy (non-hydrogen) atoms. The molecule has 0 aliphatic carbocycles. The number of aliphatic hydroxyl groups is 1. The lowest BCUT2D eigenvalue weighted by atomic mass is 10.2. The van der Waals surface area contributed by atoms with E-state index in [2.05, 4.69) is 6.92 Å². The van der Waals surface area contributed by atoms with E-state index < -0.39 is 0 Å². The van der Waals surface area contributed by atoms with Gasteiger partial charge in [0.1, 0.15) is 0 Å². The van der Waals surface area contributed by atoms with Crippen LogP contribution in [-0.2, 0) is 6.61 Å². The maximum absolute atomic E-state index is 8.54. The van der Waals surface area contributed by atoms with Crippen molar-refractivity contribution in [3.63, 3.8) is 0 Å². The zero-order chi connectivity index (χ0) is 11.2. The Bertz CT molecular complexity index is 173. The lowest BCUT2D eigenvalue weighted by Gasteiger charge is -1.89. The van der Waals surface area contributed by atoms with Crippen LogP contribution in [0.2, 0.25) is 0 Å². The number of aliphatic hydroxyl groups excluding tert-OH is 1. The Balaban J connectivity index is 0. The summed E-state index contributed by atoms with van der Waals surface area (Å²) >= 11 is 0. The molecule has 1 aromatic carbocycles. The van der Waals surface area contributed by atoms with Gasteiger partial charge >= 0.3 is 0 Å². The summed E-state index contributed by atoms with van der Waals surface area (Å²) in [6.07, 6.45) is 1.10. The van der Waals surface area contributed by atoms with E-state index in [-0.39, 0.29) is 6.61 Å². The van der Waals surface area contributed by atoms with Gasteiger partial charge in [0.05, 0.1) is 6.61 Å². The van der Waals surface area contributed by atoms with E-state index >= 15 is 0 Å². The zero-order valence-corrected chi connectivity index (χ0v) is 9.53. The highest BCUT2D eigenvalue weighted by Crippen LogP contribution is 1.95. The van der Waals surface area contributed by atoms with Gasteiger partial charge in [0.2, 0.25) is 0 Å². The van der Waals surface area contributed by atoms with Crippen molar-refractivity contribution in [1.29, 1.82) is 0 Å². The first-order valence-corrected chi connectivity index (χ1v) is 5.20. The SMILES string of the molecule is CC.CCCN.OCc1ccccc1. The Morgan fingerprint density at radius 1 is 1.14 bits per heavy atom. The summed E-state index contributed by atoms with van der Waals surface area (Å²) in [5.41, 5.74) is 5.99. The van der Waals surface area contributed by atoms with Gasteiger partial charge in [0.15, 0.2) is 0 Å². The largest absolute Gasteiger partial charge is 0.392 e. The molecule has 1 aromatic rings. The summed E-state index contributed by atoms with van der Waals surface area (Å²) < 4.78 is 0. The molecule has 0 fully saturated rings. The van der Waals surface area contributed by atoms with Crippen molar-refractivity contribution in [2.24, 2.45) is 5.73 Å². The molecule has 0 atom stereocenters. The van der Waals surface area contributed by atoms with E-state index in [1.165, 1.54) is 0 Å². The smallest absolute Gasteiger partial charge is 0.0681 e. The van der Waals surface area contributed by atoms with E-state index in [0.717, 1.165) is 18.5 Å². The van der Waals surface area contributed by atoms with Crippen LogP contribution < -0.4 is 5.73 Å². The summed E-state index contributed by atoms with van der Waals surface area (Å²) in [5.74, 6) is 0. The molecule has 0 spiro atoms. The lowest BCUT2D eigenvalue weighted by Crippen LogP contribution is -1.93. The van der Waals surface area contributed by atoms with Crippen molar-refractivity contribution in [3.8, 4) is 0 Å². The highest BCUT2D eigenvalue weighted by molar-refractivity contribution is 5.12. The minimum absolute atomic E-state index is 0.140. The summed E-state index contributed by atoms with van der Waals surface area (Å²) in [5, 5.41) is 8.54. The topological polar surface area (TPSA) is 46.2 Å². The van der Waals surface area contributed by atoms with Crippen LogP contribution in [0.15, 0.2) is 30.3 Å². The molecule has 0 aliphatic rings. The van der Waals surface area contributed by atoms with Crippen molar-refractivity contribution in [2.75, 3.05) is 6.54 Å². The molecule has 2 heteroatoms. The Hall–Kier alpha value is -0.860. The zero-order valence-electron chi connectivity index (χ0n) is 9.53. The van der Waals surface area contributed by atoms with Crippen molar-refractivity contribution >= 4 is 0 Å². The third-order valence-electron chi connectivity index (χ3n) is 1.31. The second-order valence-electron chi connectivity index (χ2n) is 2.43. The van der Waals surface area contributed by atoms with Crippen LogP contribution in [0, 0.1) is 0 Å². The fraction of sp³-hybridized carbons (Fsp3) is 0.500. The molecule has 1 rings (SSSR count). The molecular formula is C12H23NO. The van der Waals surface area contributed by atoms with Gasteiger partial charge < -0.3 is 10.8 Å². The Labute approximate surface area is 87.8 Å². The van der Waals surface area contributed by atoms with E-state index in [1.807, 2.05) is 44.2 Å². The monoisotopic (exact) mass is 197 g/mol. The average molecular weight is 197 g/mol. The molecule has 0 unspecified atom stereocenters. The highest BCUT2D eigenvalue weighted by atomic mass is 16.3. The van der Waals surface area contributed by atoms with Crippen LogP contribution in [0.25, 0.3) is 0 Å². The molecule has 0 aliphatic heterocycles. The lowest BCUT2D eigenvalue weighted by molar-refractivity contribution is 0.282. The number of hydrogen-bond donors (Lipinski definition) is 2. The van der Waals surface area contributed by atoms with Crippen molar-refractivity contribution < 1.29 is 5.11 Å². The van der Waals surface area contributed by atoms with Crippen LogP contribution >= 0.6 is 0 Å². The predicted octanol–water partition coefficient (Wildman–Crippen LogP) is 2.56. The predicted molar refractivity (Wildman–Crippen MR) is 63.1 cm³/mol. The number of rotatable bonds is 2. The third-order valence-corrected chi connectivity index (χ3v) is 1.31. The molecule has 0 amide bonds. The maximum Gasteiger partial charge on any atom is 0.0681 e. The van der Waals surface area contributed by atoms with Crippen LogP contribution in [0.5, 0.6) is 0 Å². The second-order valence-corrected chi connectivity index (χ2v) is 2.43. The van der Waals surface area contributed by atoms with Crippen LogP contribution in [-0.4, -0.2) is 11.7 Å². The van der Waals surface area contributed by atoms with Crippen LogP contribution in [0.1, 0.15) is 32.8 Å². The number of benzene rings is 1. The average Bonchev–Trinajstić information content (AvgIpc) is 2.33. The molecule has 0 bridgehead atoms. The molecule has 2 nitrogen and oxygen atoms in total. The number of hydrogen-bond acceptors (Lipinski definition) is 2. The summed E-state index contributed by atoms with van der Waals surface area (Å²) in [7, 11) is 0. The highest BCUT2D eigenvalue weighted by Gasteiger charge is 1.81. The molecule has 3 N–H and O–H groups in total. The quantitative estimate of drug-likeness (QED) is 0.765. The van der Waals surface area contributed by atoms with Gasteiger partial charge in [-0.2, -0.15) is 0 Å². The van der Waals surface area contributed by atoms with E-state index in [1.54, 1.807) is 0 Å². The van der Waals surface area contributed by atoms with Gasteiger partial charge in [0, 0.05) is 0 Å². The van der Waals surface area contributed by atoms with E-state index in [4.69, 9.17) is 10.8 Å². The first-order chi connectivity index (χ1) is 6.85. The van der Waals surface area contributed by atoms with Crippen LogP contribution in [0.4, 0.5) is 0 Å². The number of nitrogens with two attached hydrogens (primary N) is 1. The van der Waals surface area contributed by atoms with Crippen molar-refractivity contribution in [2.45, 2.75) is 33.8 Å². The summed E-state index contributed by atoms with van der Waals surface area (Å²) in [6, 6.07) is 9.52. The van der Waals surface area contributed by atoms with E-state index in [0.29, 0.717) is 0 Å². The minimum atomic E-state index is 0.140. The van der Waals surface area contributed by atoms with Gasteiger partial charge in [-0.15, -0.1) is 0 Å². The standard InChI is InChI=1S/C7H8O.C3H9N.C2H6/c8-6-7-4-2-1-3-5-7;1-2-3-4;1-2/h1-5,8H,6H2;2-4H2,1H3;1-2H3. The summed E-state index contributed by atoms with van der Waals surface area (Å²) in [6.45, 7) is 7.01. The molecule has 82 valence electrons. The van der Waals surface area contributed by atoms with Gasteiger partial charge in [0.25, 0.3) is 0 Å². The molecule has 0 aromatic heterocycles. The second kappa shape index (κ2) is 14.7. The van der Waals surface area contributed by atoms with E-state index in [9.17, 15) is 0 Å². The van der Waals surface area contributed by atoms with Crippen molar-refractivity contribution in [1.82, 2.24) is 0 Å². The Morgan fingerprint density at radius 3 is 1.79 bits per heavy atom. The fourth-order valence-corrected chi connectivity index (χ4v) is 0.583. The molecule has 0 saturated carbocycles. The van der Waals surface area contributed by atoms with Gasteiger partial charge in [-0.25, -0.2) is 0 Å². The normalized spacial score (nSPS) is 7.79. The Morgan fingerprint density at radius 2 is 1.57 bits per heavy atom. The first-order valence-electron chi connectivity index (χ1n) is 5.20. The first kappa shape index (κ1) is 15.6. The molecule has 0 heterocycles. The minimum Gasteiger partial charge on any atom is -0.392 e. The fourth-order valence-electron chi connectivity index (χ4n) is 0.583. The van der Waals surface area contributed by atoms with Crippen LogP contribution in [0.3, 0.4) is 0 Å². The summed E-state index contributed by atoms with van der Waals surface area (Å²) in [4.78, 5) is 0.